The van der Waals surface area contributed by atoms with Crippen LogP contribution in [0.25, 0.3) is 10.9 Å². The van der Waals surface area contributed by atoms with Gasteiger partial charge in [-0.05, 0) is 12.0 Å². The van der Waals surface area contributed by atoms with Gasteiger partial charge in [-0.3, -0.25) is 19.2 Å². The molecular weight excluding hydrogens is 382 g/mol. The van der Waals surface area contributed by atoms with Crippen LogP contribution in [0.15, 0.2) is 24.3 Å². The maximum Gasteiger partial charge on any atom is 0.327 e. The van der Waals surface area contributed by atoms with Crippen molar-refractivity contribution in [3.63, 3.8) is 0 Å². The Bertz CT molecular complexity index is 1020. The number of fused-ring (bicyclic) bond motifs is 2. The number of aryl methyl sites for hydroxylation is 1. The van der Waals surface area contributed by atoms with Crippen molar-refractivity contribution in [3.05, 3.63) is 30.0 Å². The molecule has 8 nitrogen and oxygen atoms in total. The lowest BCUT2D eigenvalue weighted by molar-refractivity contribution is -0.128. The van der Waals surface area contributed by atoms with Gasteiger partial charge in [-0.15, -0.1) is 0 Å². The first-order valence-corrected chi connectivity index (χ1v) is 10.4. The summed E-state index contributed by atoms with van der Waals surface area (Å²) in [4.78, 5) is 44.3. The fourth-order valence-electron chi connectivity index (χ4n) is 4.56. The van der Waals surface area contributed by atoms with Gasteiger partial charge in [0.05, 0.1) is 12.1 Å². The van der Waals surface area contributed by atoms with Crippen molar-refractivity contribution in [3.8, 4) is 0 Å². The van der Waals surface area contributed by atoms with Crippen molar-refractivity contribution in [1.82, 2.24) is 24.5 Å². The number of hydrogen-bond acceptors (Lipinski definition) is 4. The molecule has 2 aliphatic heterocycles. The zero-order valence-electron chi connectivity index (χ0n) is 18.3. The summed E-state index contributed by atoms with van der Waals surface area (Å²) in [5.74, 6) is -0.230. The molecule has 4 amide bonds. The zero-order valence-corrected chi connectivity index (χ0v) is 18.3. The molecule has 2 aliphatic rings. The van der Waals surface area contributed by atoms with E-state index in [0.717, 1.165) is 10.9 Å². The van der Waals surface area contributed by atoms with Crippen LogP contribution < -0.4 is 0 Å². The molecule has 1 unspecified atom stereocenters. The second-order valence-corrected chi connectivity index (χ2v) is 9.61. The van der Waals surface area contributed by atoms with E-state index in [0.29, 0.717) is 25.3 Å². The smallest absolute Gasteiger partial charge is 0.327 e. The molecule has 160 valence electrons. The highest BCUT2D eigenvalue weighted by atomic mass is 16.2. The molecule has 1 atom stereocenters. The number of carbonyl (C=O) groups is 3. The predicted octanol–water partition coefficient (Wildman–Crippen LogP) is 2.34. The van der Waals surface area contributed by atoms with Gasteiger partial charge in [-0.2, -0.15) is 5.10 Å². The molecule has 8 heteroatoms. The fraction of sp³-hybridized carbons (Fsp3) is 0.545. The third-order valence-electron chi connectivity index (χ3n) is 5.81. The molecule has 0 radical (unpaired) electrons. The van der Waals surface area contributed by atoms with Crippen LogP contribution in [-0.4, -0.2) is 74.5 Å². The molecule has 1 aromatic heterocycles. The van der Waals surface area contributed by atoms with E-state index in [1.54, 1.807) is 14.5 Å². The van der Waals surface area contributed by atoms with Crippen molar-refractivity contribution in [2.45, 2.75) is 33.7 Å². The fourth-order valence-corrected chi connectivity index (χ4v) is 4.56. The highest BCUT2D eigenvalue weighted by Gasteiger charge is 2.50. The minimum atomic E-state index is -0.642. The molecule has 3 heterocycles. The molecule has 2 aromatic rings. The maximum atomic E-state index is 13.5. The Morgan fingerprint density at radius 2 is 1.90 bits per heavy atom. The Labute approximate surface area is 176 Å². The number of para-hydroxylation sites is 1. The molecule has 30 heavy (non-hydrogen) atoms. The van der Waals surface area contributed by atoms with Gasteiger partial charge in [0.25, 0.3) is 11.8 Å². The summed E-state index contributed by atoms with van der Waals surface area (Å²) in [5, 5.41) is 5.26. The Balaban J connectivity index is 1.69. The normalized spacial score (nSPS) is 21.5. The summed E-state index contributed by atoms with van der Waals surface area (Å²) < 4.78 is 1.70. The van der Waals surface area contributed by atoms with Crippen LogP contribution in [0.4, 0.5) is 4.79 Å². The number of carbonyl (C=O) groups excluding carboxylic acids is 3. The quantitative estimate of drug-likeness (QED) is 0.727. The first-order valence-electron chi connectivity index (χ1n) is 10.4. The van der Waals surface area contributed by atoms with Crippen molar-refractivity contribution in [2.75, 3.05) is 26.2 Å². The SMILES string of the molecule is CC(C)CN1C(=O)C2CN(C(=O)c3nn(C)c4ccccc34)CC(C)(C)CN2C1=O. The van der Waals surface area contributed by atoms with Gasteiger partial charge in [-0.1, -0.05) is 45.9 Å². The van der Waals surface area contributed by atoms with Crippen molar-refractivity contribution in [2.24, 2.45) is 18.4 Å². The standard InChI is InChI=1S/C22H29N5O3/c1-14(2)10-26-19(28)17-11-25(12-22(3,4)13-27(17)21(26)30)20(29)18-15-8-6-7-9-16(15)24(5)23-18/h6-9,14,17H,10-13H2,1-5H3. The van der Waals surface area contributed by atoms with Crippen molar-refractivity contribution >= 4 is 28.7 Å². The van der Waals surface area contributed by atoms with E-state index in [1.807, 2.05) is 59.0 Å². The van der Waals surface area contributed by atoms with Gasteiger partial charge < -0.3 is 9.80 Å². The predicted molar refractivity (Wildman–Crippen MR) is 113 cm³/mol. The van der Waals surface area contributed by atoms with Gasteiger partial charge in [0.15, 0.2) is 5.69 Å². The van der Waals surface area contributed by atoms with Crippen LogP contribution in [0.2, 0.25) is 0 Å². The lowest BCUT2D eigenvalue weighted by atomic mass is 9.92. The van der Waals surface area contributed by atoms with E-state index in [1.165, 1.54) is 4.90 Å². The molecule has 0 N–H and O–H groups in total. The van der Waals surface area contributed by atoms with Gasteiger partial charge >= 0.3 is 6.03 Å². The third-order valence-corrected chi connectivity index (χ3v) is 5.81. The maximum absolute atomic E-state index is 13.5. The van der Waals surface area contributed by atoms with E-state index in [9.17, 15) is 14.4 Å². The van der Waals surface area contributed by atoms with Crippen LogP contribution in [0.1, 0.15) is 38.2 Å². The minimum absolute atomic E-state index is 0.187. The van der Waals surface area contributed by atoms with E-state index in [-0.39, 0.29) is 35.7 Å². The Morgan fingerprint density at radius 1 is 1.20 bits per heavy atom. The van der Waals surface area contributed by atoms with Crippen molar-refractivity contribution in [1.29, 1.82) is 0 Å². The molecule has 0 spiro atoms. The number of hydrogen-bond donors (Lipinski definition) is 0. The van der Waals surface area contributed by atoms with Gasteiger partial charge in [0.2, 0.25) is 0 Å². The molecular formula is C22H29N5O3. The molecule has 0 bridgehead atoms. The number of imide groups is 1. The molecule has 1 aromatic carbocycles. The number of nitrogens with zero attached hydrogens (tertiary/aromatic N) is 5. The monoisotopic (exact) mass is 411 g/mol. The highest BCUT2D eigenvalue weighted by Crippen LogP contribution is 2.31. The lowest BCUT2D eigenvalue weighted by Crippen LogP contribution is -2.44. The van der Waals surface area contributed by atoms with E-state index >= 15 is 0 Å². The van der Waals surface area contributed by atoms with Gasteiger partial charge in [-0.25, -0.2) is 4.79 Å². The summed E-state index contributed by atoms with van der Waals surface area (Å²) in [6.07, 6.45) is 0. The van der Waals surface area contributed by atoms with Crippen LogP contribution in [0.3, 0.4) is 0 Å². The zero-order chi connectivity index (χ0) is 21.8. The number of aromatic nitrogens is 2. The lowest BCUT2D eigenvalue weighted by Gasteiger charge is -2.30. The van der Waals surface area contributed by atoms with Crippen LogP contribution in [0.5, 0.6) is 0 Å². The summed E-state index contributed by atoms with van der Waals surface area (Å²) >= 11 is 0. The topological polar surface area (TPSA) is 78.8 Å². The third kappa shape index (κ3) is 3.34. The number of benzene rings is 1. The van der Waals surface area contributed by atoms with Gasteiger partial charge in [0, 0.05) is 37.5 Å². The van der Waals surface area contributed by atoms with Crippen molar-refractivity contribution < 1.29 is 14.4 Å². The average Bonchev–Trinajstić information content (AvgIpc) is 3.05. The number of amides is 4. The second kappa shape index (κ2) is 7.11. The summed E-state index contributed by atoms with van der Waals surface area (Å²) in [6.45, 7) is 9.48. The Kier molecular flexibility index (Phi) is 4.83. The molecule has 4 rings (SSSR count). The van der Waals surface area contributed by atoms with E-state index in [4.69, 9.17) is 0 Å². The van der Waals surface area contributed by atoms with Crippen LogP contribution in [0, 0.1) is 11.3 Å². The largest absolute Gasteiger partial charge is 0.334 e. The second-order valence-electron chi connectivity index (χ2n) is 9.61. The minimum Gasteiger partial charge on any atom is -0.334 e. The van der Waals surface area contributed by atoms with E-state index in [2.05, 4.69) is 5.10 Å². The van der Waals surface area contributed by atoms with Crippen LogP contribution >= 0.6 is 0 Å². The average molecular weight is 412 g/mol. The first kappa shape index (κ1) is 20.4. The molecule has 2 fully saturated rings. The molecule has 0 aliphatic carbocycles. The number of urea groups is 1. The van der Waals surface area contributed by atoms with Gasteiger partial charge in [0.1, 0.15) is 6.04 Å². The Morgan fingerprint density at radius 3 is 2.60 bits per heavy atom. The number of rotatable bonds is 3. The van der Waals surface area contributed by atoms with E-state index < -0.39 is 6.04 Å². The van der Waals surface area contributed by atoms with Crippen LogP contribution in [-0.2, 0) is 11.8 Å². The summed E-state index contributed by atoms with van der Waals surface area (Å²) in [5.41, 5.74) is 0.915. The summed E-state index contributed by atoms with van der Waals surface area (Å²) in [7, 11) is 1.82. The molecule has 0 saturated carbocycles. The Hall–Kier alpha value is -2.90. The highest BCUT2D eigenvalue weighted by molar-refractivity contribution is 6.07. The first-order chi connectivity index (χ1) is 14.1. The summed E-state index contributed by atoms with van der Waals surface area (Å²) in [6, 6.07) is 6.73. The molecule has 2 saturated heterocycles.